The van der Waals surface area contributed by atoms with Gasteiger partial charge in [-0.2, -0.15) is 0 Å². The molecule has 0 aromatic heterocycles. The molecule has 1 spiro atoms. The average Bonchev–Trinajstić information content (AvgIpc) is 3.51. The smallest absolute Gasteiger partial charge is 0.0719 e. The lowest BCUT2D eigenvalue weighted by Crippen LogP contribution is -2.34. The molecule has 1 heterocycles. The van der Waals surface area contributed by atoms with Crippen molar-refractivity contribution >= 4 is 11.3 Å². The zero-order chi connectivity index (χ0) is 35.1. The van der Waals surface area contributed by atoms with Gasteiger partial charge in [-0.1, -0.05) is 187 Å². The van der Waals surface area contributed by atoms with E-state index in [9.17, 15) is 0 Å². The molecule has 0 amide bonds. The predicted molar refractivity (Wildman–Crippen MR) is 215 cm³/mol. The molecule has 6 aromatic rings. The Morgan fingerprint density at radius 2 is 1.00 bits per heavy atom. The highest BCUT2D eigenvalue weighted by atomic mass is 14.9. The topological polar surface area (TPSA) is 12.0 Å². The van der Waals surface area contributed by atoms with Crippen LogP contribution in [0, 0.1) is 0 Å². The Morgan fingerprint density at radius 3 is 1.64 bits per heavy atom. The summed E-state index contributed by atoms with van der Waals surface area (Å²) in [4.78, 5) is 0. The zero-order valence-corrected chi connectivity index (χ0v) is 30.4. The fraction of sp³-hybridized carbons (Fsp3) is 0.184. The fourth-order valence-corrected chi connectivity index (χ4v) is 7.90. The van der Waals surface area contributed by atoms with Gasteiger partial charge in [0, 0.05) is 5.70 Å². The van der Waals surface area contributed by atoms with Crippen molar-refractivity contribution in [3.05, 3.63) is 214 Å². The van der Waals surface area contributed by atoms with Crippen molar-refractivity contribution in [2.24, 2.45) is 0 Å². The number of allylic oxidation sites excluding steroid dienone is 2. The number of benzene rings is 6. The van der Waals surface area contributed by atoms with E-state index in [1.807, 2.05) is 41.5 Å². The summed E-state index contributed by atoms with van der Waals surface area (Å²) in [5, 5.41) is 3.82. The molecule has 9 rings (SSSR count). The quantitative estimate of drug-likeness (QED) is 0.200. The summed E-state index contributed by atoms with van der Waals surface area (Å²) in [6.07, 6.45) is 5.66. The van der Waals surface area contributed by atoms with Crippen molar-refractivity contribution in [3.8, 4) is 11.1 Å². The van der Waals surface area contributed by atoms with Crippen LogP contribution in [0.25, 0.3) is 22.4 Å². The van der Waals surface area contributed by atoms with E-state index < -0.39 is 0 Å². The summed E-state index contributed by atoms with van der Waals surface area (Å²) in [6.45, 7) is 12.0. The third-order valence-electron chi connectivity index (χ3n) is 9.80. The van der Waals surface area contributed by atoms with Crippen LogP contribution >= 0.6 is 0 Å². The number of nitrogens with one attached hydrogen (secondary N) is 1. The molecule has 1 heteroatoms. The van der Waals surface area contributed by atoms with E-state index in [0.717, 1.165) is 12.1 Å². The lowest BCUT2D eigenvalue weighted by molar-refractivity contribution is 0.721. The highest BCUT2D eigenvalue weighted by Gasteiger charge is 2.49. The Morgan fingerprint density at radius 1 is 0.480 bits per heavy atom. The van der Waals surface area contributed by atoms with E-state index in [1.165, 1.54) is 66.8 Å². The third-order valence-corrected chi connectivity index (χ3v) is 9.80. The summed E-state index contributed by atoms with van der Waals surface area (Å²) >= 11 is 0. The standard InChI is InChI=1S/C43H31N.3C2H6/c1-3-13-29(14-4-1)41-27-34(28-42(44-41)30-15-5-2-6-16-30)31-23-24-33-25-32-17-7-10-20-37(32)43(40(33)26-31)38-21-11-8-18-35(38)36-19-9-12-22-39(36)43;3*1-2/h1-24,26-28,41,44H,25H2;3*1-2H3. The second-order valence-corrected chi connectivity index (χ2v) is 12.1. The molecule has 50 heavy (non-hydrogen) atoms. The summed E-state index contributed by atoms with van der Waals surface area (Å²) in [6, 6.07) is 56.0. The molecule has 250 valence electrons. The van der Waals surface area contributed by atoms with E-state index in [4.69, 9.17) is 0 Å². The van der Waals surface area contributed by atoms with Crippen LogP contribution in [0.1, 0.15) is 97.7 Å². The van der Waals surface area contributed by atoms with Crippen molar-refractivity contribution in [2.75, 3.05) is 0 Å². The Kier molecular flexibility index (Phi) is 10.6. The van der Waals surface area contributed by atoms with Crippen molar-refractivity contribution < 1.29 is 0 Å². The highest BCUT2D eigenvalue weighted by molar-refractivity contribution is 5.90. The first-order chi connectivity index (χ1) is 24.8. The van der Waals surface area contributed by atoms with Crippen LogP contribution in [-0.4, -0.2) is 0 Å². The van der Waals surface area contributed by atoms with Gasteiger partial charge in [-0.3, -0.25) is 0 Å². The SMILES string of the molecule is C1=C(c2ccc3c(c2)C2(c4ccccc4C3)c3ccccc3-c3ccccc32)C=C(c2ccccc2)NC1c1ccccc1.CC.CC.CC. The molecule has 1 unspecified atom stereocenters. The maximum atomic E-state index is 3.82. The molecule has 3 aliphatic rings. The highest BCUT2D eigenvalue weighted by Crippen LogP contribution is 2.59. The molecule has 1 aliphatic heterocycles. The van der Waals surface area contributed by atoms with Crippen LogP contribution in [-0.2, 0) is 11.8 Å². The minimum atomic E-state index is -0.356. The first-order valence-corrected chi connectivity index (χ1v) is 18.5. The second kappa shape index (κ2) is 15.4. The van der Waals surface area contributed by atoms with Crippen LogP contribution in [0.5, 0.6) is 0 Å². The van der Waals surface area contributed by atoms with Crippen molar-refractivity contribution in [1.82, 2.24) is 5.32 Å². The van der Waals surface area contributed by atoms with Crippen LogP contribution < -0.4 is 5.32 Å². The van der Waals surface area contributed by atoms with Gasteiger partial charge in [0.1, 0.15) is 0 Å². The minimum absolute atomic E-state index is 0.0741. The van der Waals surface area contributed by atoms with Crippen molar-refractivity contribution in [2.45, 2.75) is 59.4 Å². The van der Waals surface area contributed by atoms with Gasteiger partial charge in [-0.25, -0.2) is 0 Å². The van der Waals surface area contributed by atoms with E-state index in [0.29, 0.717) is 0 Å². The molecule has 0 fully saturated rings. The fourth-order valence-electron chi connectivity index (χ4n) is 7.90. The Hall–Kier alpha value is -5.40. The molecule has 1 nitrogen and oxygen atoms in total. The molecular weight excluding hydrogens is 603 g/mol. The van der Waals surface area contributed by atoms with E-state index in [-0.39, 0.29) is 11.5 Å². The van der Waals surface area contributed by atoms with Gasteiger partial charge in [0.15, 0.2) is 0 Å². The summed E-state index contributed by atoms with van der Waals surface area (Å²) in [5.41, 5.74) is 16.8. The average molecular weight is 652 g/mol. The van der Waals surface area contributed by atoms with Crippen LogP contribution in [0.4, 0.5) is 0 Å². The second-order valence-electron chi connectivity index (χ2n) is 12.1. The Bertz CT molecular complexity index is 2070. The van der Waals surface area contributed by atoms with Gasteiger partial charge in [0.2, 0.25) is 0 Å². The largest absolute Gasteiger partial charge is 0.374 e. The van der Waals surface area contributed by atoms with Crippen LogP contribution in [0.2, 0.25) is 0 Å². The van der Waals surface area contributed by atoms with Gasteiger partial charge < -0.3 is 5.32 Å². The molecule has 2 aliphatic carbocycles. The molecule has 0 bridgehead atoms. The first kappa shape index (κ1) is 34.5. The zero-order valence-electron chi connectivity index (χ0n) is 30.4. The van der Waals surface area contributed by atoms with E-state index >= 15 is 0 Å². The molecule has 0 saturated carbocycles. The predicted octanol–water partition coefficient (Wildman–Crippen LogP) is 12.8. The molecule has 6 aromatic carbocycles. The summed E-state index contributed by atoms with van der Waals surface area (Å²) < 4.78 is 0. The van der Waals surface area contributed by atoms with Gasteiger partial charge in [-0.05, 0) is 91.4 Å². The lowest BCUT2D eigenvalue weighted by Gasteiger charge is -2.40. The van der Waals surface area contributed by atoms with E-state index in [1.54, 1.807) is 0 Å². The maximum Gasteiger partial charge on any atom is 0.0719 e. The maximum absolute atomic E-state index is 3.82. The monoisotopic (exact) mass is 651 g/mol. The minimum Gasteiger partial charge on any atom is -0.374 e. The third kappa shape index (κ3) is 5.81. The van der Waals surface area contributed by atoms with Crippen molar-refractivity contribution in [3.63, 3.8) is 0 Å². The number of hydrogen-bond acceptors (Lipinski definition) is 1. The normalized spacial score (nSPS) is 15.3. The molecule has 1 atom stereocenters. The molecule has 0 saturated heterocycles. The van der Waals surface area contributed by atoms with Crippen LogP contribution in [0.15, 0.2) is 164 Å². The first-order valence-electron chi connectivity index (χ1n) is 18.5. The number of rotatable bonds is 3. The number of hydrogen-bond donors (Lipinski definition) is 1. The molecule has 0 radical (unpaired) electrons. The molecule has 1 N–H and O–H groups in total. The molecular formula is C49H49N. The summed E-state index contributed by atoms with van der Waals surface area (Å²) in [7, 11) is 0. The Balaban J connectivity index is 0.000000686. The van der Waals surface area contributed by atoms with Crippen LogP contribution in [0.3, 0.4) is 0 Å². The number of dihydropyridines is 1. The van der Waals surface area contributed by atoms with Crippen molar-refractivity contribution in [1.29, 1.82) is 0 Å². The number of fused-ring (bicyclic) bond motifs is 9. The summed E-state index contributed by atoms with van der Waals surface area (Å²) in [5.74, 6) is 0. The van der Waals surface area contributed by atoms with Gasteiger partial charge >= 0.3 is 0 Å². The lowest BCUT2D eigenvalue weighted by atomic mass is 9.61. The van der Waals surface area contributed by atoms with Gasteiger partial charge in [-0.15, -0.1) is 0 Å². The Labute approximate surface area is 300 Å². The van der Waals surface area contributed by atoms with Gasteiger partial charge in [0.25, 0.3) is 0 Å². The van der Waals surface area contributed by atoms with Gasteiger partial charge in [0.05, 0.1) is 11.5 Å². The van der Waals surface area contributed by atoms with E-state index in [2.05, 4.69) is 169 Å².